The van der Waals surface area contributed by atoms with Crippen LogP contribution in [0.4, 0.5) is 5.95 Å². The highest BCUT2D eigenvalue weighted by molar-refractivity contribution is 5.89. The Hall–Kier alpha value is -2.28. The molecule has 0 bridgehead atoms. The number of nitrogens with zero attached hydrogens (tertiary/aromatic N) is 2. The van der Waals surface area contributed by atoms with E-state index >= 15 is 0 Å². The van der Waals surface area contributed by atoms with Crippen LogP contribution in [-0.2, 0) is 0 Å². The summed E-state index contributed by atoms with van der Waals surface area (Å²) in [6, 6.07) is 5.48. The predicted molar refractivity (Wildman–Crippen MR) is 58.4 cm³/mol. The first-order valence-electron chi connectivity index (χ1n) is 4.33. The molecule has 2 N–H and O–H groups in total. The van der Waals surface area contributed by atoms with E-state index in [1.165, 1.54) is 0 Å². The van der Waals surface area contributed by atoms with Gasteiger partial charge >= 0.3 is 0 Å². The van der Waals surface area contributed by atoms with Gasteiger partial charge in [0.25, 0.3) is 0 Å². The Bertz CT molecular complexity index is 557. The molecule has 0 aliphatic rings. The second kappa shape index (κ2) is 3.46. The van der Waals surface area contributed by atoms with Crippen LogP contribution in [0.5, 0.6) is 5.75 Å². The van der Waals surface area contributed by atoms with Gasteiger partial charge in [-0.2, -0.15) is 0 Å². The Morgan fingerprint density at radius 3 is 2.87 bits per heavy atom. The zero-order valence-electron chi connectivity index (χ0n) is 8.19. The molecule has 0 saturated heterocycles. The fourth-order valence-corrected chi connectivity index (χ4v) is 1.42. The number of anilines is 1. The minimum atomic E-state index is 0.153. The first-order chi connectivity index (χ1) is 7.26. The Labute approximate surface area is 87.1 Å². The minimum Gasteiger partial charge on any atom is -0.494 e. The van der Waals surface area contributed by atoms with E-state index in [1.54, 1.807) is 13.2 Å². The molecule has 15 heavy (non-hydrogen) atoms. The number of ether oxygens (including phenoxy) is 1. The van der Waals surface area contributed by atoms with Gasteiger partial charge in [0.15, 0.2) is 0 Å². The summed E-state index contributed by atoms with van der Waals surface area (Å²) in [7, 11) is 1.57. The SMILES string of the molecule is C#Cc1nc(N)nc2c(OC)cccc12. The molecule has 1 aromatic heterocycles. The van der Waals surface area contributed by atoms with E-state index in [2.05, 4.69) is 15.9 Å². The number of rotatable bonds is 1. The molecule has 0 radical (unpaired) electrons. The molecule has 1 aromatic carbocycles. The number of para-hydroxylation sites is 1. The van der Waals surface area contributed by atoms with Crippen molar-refractivity contribution >= 4 is 16.9 Å². The number of hydrogen-bond acceptors (Lipinski definition) is 4. The van der Waals surface area contributed by atoms with Crippen LogP contribution in [-0.4, -0.2) is 17.1 Å². The molecule has 2 rings (SSSR count). The number of methoxy groups -OCH3 is 1. The van der Waals surface area contributed by atoms with Gasteiger partial charge in [0.05, 0.1) is 7.11 Å². The van der Waals surface area contributed by atoms with E-state index in [0.717, 1.165) is 5.39 Å². The monoisotopic (exact) mass is 199 g/mol. The smallest absolute Gasteiger partial charge is 0.221 e. The van der Waals surface area contributed by atoms with Crippen LogP contribution in [0.1, 0.15) is 5.69 Å². The van der Waals surface area contributed by atoms with Crippen molar-refractivity contribution in [2.75, 3.05) is 12.8 Å². The highest BCUT2D eigenvalue weighted by atomic mass is 16.5. The summed E-state index contributed by atoms with van der Waals surface area (Å²) in [5, 5.41) is 0.769. The molecule has 4 heteroatoms. The average Bonchev–Trinajstić information content (AvgIpc) is 2.27. The lowest BCUT2D eigenvalue weighted by molar-refractivity contribution is 0.419. The molecule has 74 valence electrons. The van der Waals surface area contributed by atoms with Gasteiger partial charge in [-0.05, 0) is 18.1 Å². The van der Waals surface area contributed by atoms with Gasteiger partial charge < -0.3 is 10.5 Å². The molecule has 0 saturated carbocycles. The van der Waals surface area contributed by atoms with Crippen molar-refractivity contribution in [1.29, 1.82) is 0 Å². The fourth-order valence-electron chi connectivity index (χ4n) is 1.42. The molecule has 2 aromatic rings. The molecule has 0 amide bonds. The van der Waals surface area contributed by atoms with Crippen molar-refractivity contribution in [2.24, 2.45) is 0 Å². The van der Waals surface area contributed by atoms with Crippen LogP contribution in [0.3, 0.4) is 0 Å². The van der Waals surface area contributed by atoms with Gasteiger partial charge in [-0.3, -0.25) is 0 Å². The fraction of sp³-hybridized carbons (Fsp3) is 0.0909. The quantitative estimate of drug-likeness (QED) is 0.701. The van der Waals surface area contributed by atoms with Crippen LogP contribution in [0.2, 0.25) is 0 Å². The van der Waals surface area contributed by atoms with E-state index in [0.29, 0.717) is 17.0 Å². The van der Waals surface area contributed by atoms with Gasteiger partial charge in [-0.1, -0.05) is 6.07 Å². The Kier molecular flexibility index (Phi) is 2.14. The molecule has 0 unspecified atom stereocenters. The van der Waals surface area contributed by atoms with Crippen molar-refractivity contribution in [1.82, 2.24) is 9.97 Å². The van der Waals surface area contributed by atoms with Crippen molar-refractivity contribution in [3.05, 3.63) is 23.9 Å². The number of aromatic nitrogens is 2. The van der Waals surface area contributed by atoms with E-state index in [1.807, 2.05) is 12.1 Å². The zero-order valence-corrected chi connectivity index (χ0v) is 8.19. The summed E-state index contributed by atoms with van der Waals surface area (Å²) in [6.07, 6.45) is 5.34. The highest BCUT2D eigenvalue weighted by Gasteiger charge is 2.07. The summed E-state index contributed by atoms with van der Waals surface area (Å²) in [4.78, 5) is 8.07. The molecule has 0 aliphatic carbocycles. The molecule has 1 heterocycles. The van der Waals surface area contributed by atoms with Gasteiger partial charge in [0.2, 0.25) is 5.95 Å². The Balaban J connectivity index is 2.90. The summed E-state index contributed by atoms with van der Waals surface area (Å²) in [6.45, 7) is 0. The summed E-state index contributed by atoms with van der Waals surface area (Å²) < 4.78 is 5.17. The Morgan fingerprint density at radius 1 is 1.40 bits per heavy atom. The average molecular weight is 199 g/mol. The third-order valence-corrected chi connectivity index (χ3v) is 2.06. The topological polar surface area (TPSA) is 61.0 Å². The van der Waals surface area contributed by atoms with Crippen molar-refractivity contribution in [3.63, 3.8) is 0 Å². The van der Waals surface area contributed by atoms with Gasteiger partial charge in [0.1, 0.15) is 17.0 Å². The normalized spacial score (nSPS) is 9.87. The number of nitrogens with two attached hydrogens (primary N) is 1. The zero-order chi connectivity index (χ0) is 10.8. The third-order valence-electron chi connectivity index (χ3n) is 2.06. The van der Waals surface area contributed by atoms with E-state index in [-0.39, 0.29) is 5.95 Å². The number of fused-ring (bicyclic) bond motifs is 1. The lowest BCUT2D eigenvalue weighted by atomic mass is 10.2. The van der Waals surface area contributed by atoms with Crippen LogP contribution < -0.4 is 10.5 Å². The van der Waals surface area contributed by atoms with Crippen molar-refractivity contribution in [3.8, 4) is 18.1 Å². The number of benzene rings is 1. The molecule has 0 atom stereocenters. The van der Waals surface area contributed by atoms with E-state index in [9.17, 15) is 0 Å². The Morgan fingerprint density at radius 2 is 2.20 bits per heavy atom. The van der Waals surface area contributed by atoms with Gasteiger partial charge in [-0.25, -0.2) is 9.97 Å². The van der Waals surface area contributed by atoms with Crippen molar-refractivity contribution < 1.29 is 4.74 Å². The third kappa shape index (κ3) is 1.44. The van der Waals surface area contributed by atoms with Crippen molar-refractivity contribution in [2.45, 2.75) is 0 Å². The maximum atomic E-state index is 5.55. The second-order valence-electron chi connectivity index (χ2n) is 2.93. The highest BCUT2D eigenvalue weighted by Crippen LogP contribution is 2.25. The molecular weight excluding hydrogens is 190 g/mol. The minimum absolute atomic E-state index is 0.153. The molecule has 0 aliphatic heterocycles. The standard InChI is InChI=1S/C11H9N3O/c1-3-8-7-5-4-6-9(15-2)10(7)14-11(12)13-8/h1,4-6H,2H3,(H2,12,13,14). The summed E-state index contributed by atoms with van der Waals surface area (Å²) >= 11 is 0. The molecular formula is C11H9N3O. The van der Waals surface area contributed by atoms with Crippen LogP contribution in [0.25, 0.3) is 10.9 Å². The number of hydrogen-bond donors (Lipinski definition) is 1. The number of terminal acetylenes is 1. The lowest BCUT2D eigenvalue weighted by Crippen LogP contribution is -1.99. The first kappa shape index (κ1) is 9.28. The van der Waals surface area contributed by atoms with E-state index in [4.69, 9.17) is 16.9 Å². The van der Waals surface area contributed by atoms with Gasteiger partial charge in [-0.15, -0.1) is 6.42 Å². The maximum Gasteiger partial charge on any atom is 0.221 e. The molecule has 0 spiro atoms. The summed E-state index contributed by atoms with van der Waals surface area (Å²) in [5.41, 5.74) is 6.67. The summed E-state index contributed by atoms with van der Waals surface area (Å²) in [5.74, 6) is 3.27. The molecule has 4 nitrogen and oxygen atoms in total. The predicted octanol–water partition coefficient (Wildman–Crippen LogP) is 1.20. The maximum absolute atomic E-state index is 5.55. The first-order valence-corrected chi connectivity index (χ1v) is 4.33. The lowest BCUT2D eigenvalue weighted by Gasteiger charge is -2.05. The van der Waals surface area contributed by atoms with Crippen LogP contribution >= 0.6 is 0 Å². The van der Waals surface area contributed by atoms with Crippen LogP contribution in [0, 0.1) is 12.3 Å². The van der Waals surface area contributed by atoms with E-state index < -0.39 is 0 Å². The second-order valence-corrected chi connectivity index (χ2v) is 2.93. The van der Waals surface area contributed by atoms with Crippen LogP contribution in [0.15, 0.2) is 18.2 Å². The largest absolute Gasteiger partial charge is 0.494 e. The molecule has 0 fully saturated rings. The van der Waals surface area contributed by atoms with Gasteiger partial charge in [0, 0.05) is 5.39 Å². The number of nitrogen functional groups attached to an aromatic ring is 1.